The number of fused-ring (bicyclic) bond motifs is 2. The largest absolute Gasteiger partial charge is 0.454 e. The lowest BCUT2D eigenvalue weighted by molar-refractivity contribution is 0.174. The second-order valence-electron chi connectivity index (χ2n) is 6.49. The zero-order valence-corrected chi connectivity index (χ0v) is 15.8. The lowest BCUT2D eigenvalue weighted by Gasteiger charge is -2.21. The number of nitrogens with zero attached hydrogens (tertiary/aromatic N) is 3. The molecule has 0 radical (unpaired) electrons. The molecule has 0 spiro atoms. The Morgan fingerprint density at radius 2 is 1.68 bits per heavy atom. The fourth-order valence-corrected chi connectivity index (χ4v) is 3.39. The fourth-order valence-electron chi connectivity index (χ4n) is 3.26. The van der Waals surface area contributed by atoms with Crippen LogP contribution >= 0.6 is 11.6 Å². The van der Waals surface area contributed by atoms with Gasteiger partial charge in [-0.2, -0.15) is 0 Å². The van der Waals surface area contributed by atoms with Crippen LogP contribution in [0.2, 0.25) is 5.02 Å². The number of benzene rings is 3. The Morgan fingerprint density at radius 3 is 2.54 bits per heavy atom. The summed E-state index contributed by atoms with van der Waals surface area (Å²) in [5.41, 5.74) is 2.75. The van der Waals surface area contributed by atoms with Crippen molar-refractivity contribution in [2.45, 2.75) is 0 Å². The van der Waals surface area contributed by atoms with Gasteiger partial charge in [0.05, 0.1) is 5.52 Å². The number of ether oxygens (including phenoxy) is 2. The lowest BCUT2D eigenvalue weighted by Crippen LogP contribution is -2.13. The molecule has 0 aliphatic carbocycles. The topological polar surface area (TPSA) is 47.5 Å². The monoisotopic (exact) mass is 389 g/mol. The smallest absolute Gasteiger partial charge is 0.231 e. The summed E-state index contributed by atoms with van der Waals surface area (Å²) in [7, 11) is 1.98. The molecule has 5 rings (SSSR count). The minimum absolute atomic E-state index is 0.250. The van der Waals surface area contributed by atoms with Crippen LogP contribution < -0.4 is 14.4 Å². The molecule has 0 amide bonds. The van der Waals surface area contributed by atoms with Gasteiger partial charge in [0.2, 0.25) is 6.79 Å². The van der Waals surface area contributed by atoms with E-state index < -0.39 is 0 Å². The Bertz CT molecular complexity index is 1180. The predicted molar refractivity (Wildman–Crippen MR) is 111 cm³/mol. The molecule has 2 heterocycles. The Labute approximate surface area is 167 Å². The van der Waals surface area contributed by atoms with Crippen LogP contribution in [0.15, 0.2) is 66.7 Å². The average molecular weight is 390 g/mol. The van der Waals surface area contributed by atoms with Crippen molar-refractivity contribution in [1.82, 2.24) is 9.97 Å². The molecule has 1 aliphatic heterocycles. The second-order valence-corrected chi connectivity index (χ2v) is 6.93. The van der Waals surface area contributed by atoms with Gasteiger partial charge in [-0.1, -0.05) is 23.7 Å². The molecule has 0 bridgehead atoms. The molecule has 138 valence electrons. The molecule has 1 aliphatic rings. The first kappa shape index (κ1) is 16.8. The quantitative estimate of drug-likeness (QED) is 0.466. The number of hydrogen-bond donors (Lipinski definition) is 0. The minimum atomic E-state index is 0.250. The minimum Gasteiger partial charge on any atom is -0.454 e. The molecule has 28 heavy (non-hydrogen) atoms. The number of para-hydroxylation sites is 1. The summed E-state index contributed by atoms with van der Waals surface area (Å²) in [6.45, 7) is 0.250. The Balaban J connectivity index is 1.66. The van der Waals surface area contributed by atoms with E-state index in [1.807, 2.05) is 78.7 Å². The highest BCUT2D eigenvalue weighted by Gasteiger charge is 2.18. The van der Waals surface area contributed by atoms with Crippen molar-refractivity contribution in [2.75, 3.05) is 18.7 Å². The van der Waals surface area contributed by atoms with Crippen LogP contribution in [0.3, 0.4) is 0 Å². The molecule has 0 N–H and O–H groups in total. The van der Waals surface area contributed by atoms with Crippen molar-refractivity contribution >= 4 is 34.0 Å². The normalized spacial score (nSPS) is 12.4. The molecular formula is C22H16ClN3O2. The summed E-state index contributed by atoms with van der Waals surface area (Å²) in [4.78, 5) is 11.6. The number of aromatic nitrogens is 2. The third kappa shape index (κ3) is 2.90. The predicted octanol–water partition coefficient (Wildman–Crippen LogP) is 5.45. The molecule has 5 nitrogen and oxygen atoms in total. The van der Waals surface area contributed by atoms with Crippen LogP contribution in [0.1, 0.15) is 0 Å². The molecule has 0 saturated heterocycles. The van der Waals surface area contributed by atoms with Gasteiger partial charge in [0, 0.05) is 34.8 Å². The summed E-state index contributed by atoms with van der Waals surface area (Å²) in [6, 6.07) is 21.4. The van der Waals surface area contributed by atoms with E-state index in [-0.39, 0.29) is 6.79 Å². The van der Waals surface area contributed by atoms with Crippen LogP contribution in [0.4, 0.5) is 11.5 Å². The van der Waals surface area contributed by atoms with Crippen molar-refractivity contribution < 1.29 is 9.47 Å². The third-order valence-corrected chi connectivity index (χ3v) is 5.00. The summed E-state index contributed by atoms with van der Waals surface area (Å²) in [5.74, 6) is 2.96. The van der Waals surface area contributed by atoms with Crippen molar-refractivity contribution in [3.63, 3.8) is 0 Å². The number of hydrogen-bond acceptors (Lipinski definition) is 5. The summed E-state index contributed by atoms with van der Waals surface area (Å²) < 4.78 is 10.9. The fraction of sp³-hybridized carbons (Fsp3) is 0.0909. The first-order valence-electron chi connectivity index (χ1n) is 8.85. The number of halogens is 1. The molecule has 1 aromatic heterocycles. The molecule has 3 aromatic carbocycles. The lowest BCUT2D eigenvalue weighted by atomic mass is 10.1. The van der Waals surface area contributed by atoms with Crippen molar-refractivity contribution in [3.8, 4) is 22.9 Å². The van der Waals surface area contributed by atoms with Crippen LogP contribution in [-0.4, -0.2) is 23.8 Å². The van der Waals surface area contributed by atoms with Gasteiger partial charge in [-0.25, -0.2) is 9.97 Å². The van der Waals surface area contributed by atoms with Gasteiger partial charge < -0.3 is 14.4 Å². The van der Waals surface area contributed by atoms with E-state index in [1.54, 1.807) is 0 Å². The van der Waals surface area contributed by atoms with Gasteiger partial charge >= 0.3 is 0 Å². The number of rotatable bonds is 3. The summed E-state index contributed by atoms with van der Waals surface area (Å²) in [5, 5.41) is 1.66. The standard InChI is InChI=1S/C22H16ClN3O2/c1-26(16-10-11-19-20(12-16)28-13-27-19)22-17-4-2-3-5-18(17)24-21(25-22)14-6-8-15(23)9-7-14/h2-12H,13H2,1H3. The first-order chi connectivity index (χ1) is 13.7. The molecule has 0 unspecified atom stereocenters. The second kappa shape index (κ2) is 6.69. The van der Waals surface area contributed by atoms with Gasteiger partial charge in [0.15, 0.2) is 17.3 Å². The Hall–Kier alpha value is -3.31. The van der Waals surface area contributed by atoms with E-state index in [0.717, 1.165) is 39.5 Å². The highest BCUT2D eigenvalue weighted by Crippen LogP contribution is 2.38. The third-order valence-electron chi connectivity index (χ3n) is 4.75. The summed E-state index contributed by atoms with van der Waals surface area (Å²) in [6.07, 6.45) is 0. The molecule has 4 aromatic rings. The Morgan fingerprint density at radius 1 is 0.893 bits per heavy atom. The van der Waals surface area contributed by atoms with Crippen molar-refractivity contribution in [1.29, 1.82) is 0 Å². The van der Waals surface area contributed by atoms with Gasteiger partial charge in [-0.15, -0.1) is 0 Å². The van der Waals surface area contributed by atoms with Crippen LogP contribution in [-0.2, 0) is 0 Å². The summed E-state index contributed by atoms with van der Waals surface area (Å²) >= 11 is 6.03. The molecule has 0 saturated carbocycles. The van der Waals surface area contributed by atoms with Gasteiger partial charge in [0.25, 0.3) is 0 Å². The zero-order chi connectivity index (χ0) is 19.1. The maximum atomic E-state index is 6.03. The molecule has 0 atom stereocenters. The van der Waals surface area contributed by atoms with E-state index in [4.69, 9.17) is 31.0 Å². The molecule has 6 heteroatoms. The average Bonchev–Trinajstić information content (AvgIpc) is 3.21. The van der Waals surface area contributed by atoms with Crippen molar-refractivity contribution in [2.24, 2.45) is 0 Å². The van der Waals surface area contributed by atoms with Gasteiger partial charge in [-0.3, -0.25) is 0 Å². The van der Waals surface area contributed by atoms with Gasteiger partial charge in [0.1, 0.15) is 5.82 Å². The van der Waals surface area contributed by atoms with Crippen molar-refractivity contribution in [3.05, 3.63) is 71.8 Å². The van der Waals surface area contributed by atoms with Crippen LogP contribution in [0.5, 0.6) is 11.5 Å². The number of anilines is 2. The van der Waals surface area contributed by atoms with E-state index in [9.17, 15) is 0 Å². The Kier molecular flexibility index (Phi) is 4.02. The first-order valence-corrected chi connectivity index (χ1v) is 9.23. The van der Waals surface area contributed by atoms with Crippen LogP contribution in [0, 0.1) is 0 Å². The highest BCUT2D eigenvalue weighted by atomic mass is 35.5. The SMILES string of the molecule is CN(c1ccc2c(c1)OCO2)c1nc(-c2ccc(Cl)cc2)nc2ccccc12. The highest BCUT2D eigenvalue weighted by molar-refractivity contribution is 6.30. The van der Waals surface area contributed by atoms with E-state index >= 15 is 0 Å². The van der Waals surface area contributed by atoms with Gasteiger partial charge in [-0.05, 0) is 48.5 Å². The maximum Gasteiger partial charge on any atom is 0.231 e. The van der Waals surface area contributed by atoms with E-state index in [2.05, 4.69) is 0 Å². The maximum absolute atomic E-state index is 6.03. The molecule has 0 fully saturated rings. The molecular weight excluding hydrogens is 374 g/mol. The zero-order valence-electron chi connectivity index (χ0n) is 15.1. The van der Waals surface area contributed by atoms with Crippen LogP contribution in [0.25, 0.3) is 22.3 Å². The van der Waals surface area contributed by atoms with E-state index in [0.29, 0.717) is 10.8 Å². The van der Waals surface area contributed by atoms with E-state index in [1.165, 1.54) is 0 Å².